The van der Waals surface area contributed by atoms with Crippen molar-refractivity contribution in [2.24, 2.45) is 0 Å². The van der Waals surface area contributed by atoms with E-state index in [0.29, 0.717) is 46.8 Å². The molecular formula is C34H32ClN3O7S. The van der Waals surface area contributed by atoms with Gasteiger partial charge in [-0.1, -0.05) is 48.0 Å². The number of carbonyl (C=O) groups is 2. The fourth-order valence-corrected chi connectivity index (χ4v) is 7.38. The Balaban J connectivity index is 1.25. The number of fused-ring (bicyclic) bond motifs is 2. The smallest absolute Gasteiger partial charge is 0.339 e. The molecule has 1 aliphatic carbocycles. The first kappa shape index (κ1) is 31.7. The molecule has 238 valence electrons. The summed E-state index contributed by atoms with van der Waals surface area (Å²) in [7, 11) is -2.41. The van der Waals surface area contributed by atoms with Crippen molar-refractivity contribution in [2.45, 2.75) is 24.2 Å². The van der Waals surface area contributed by atoms with Crippen LogP contribution in [0.5, 0.6) is 5.75 Å². The number of anilines is 1. The Morgan fingerprint density at radius 2 is 1.80 bits per heavy atom. The van der Waals surface area contributed by atoms with Crippen molar-refractivity contribution in [1.82, 2.24) is 9.29 Å². The van der Waals surface area contributed by atoms with E-state index < -0.39 is 28.5 Å². The van der Waals surface area contributed by atoms with Gasteiger partial charge in [0.1, 0.15) is 5.75 Å². The van der Waals surface area contributed by atoms with Crippen molar-refractivity contribution in [3.63, 3.8) is 0 Å². The monoisotopic (exact) mass is 661 g/mol. The van der Waals surface area contributed by atoms with E-state index in [9.17, 15) is 18.0 Å². The Kier molecular flexibility index (Phi) is 9.37. The molecule has 1 aromatic heterocycles. The van der Waals surface area contributed by atoms with Gasteiger partial charge in [-0.3, -0.25) is 4.79 Å². The van der Waals surface area contributed by atoms with Gasteiger partial charge < -0.3 is 19.5 Å². The van der Waals surface area contributed by atoms with Gasteiger partial charge in [-0.2, -0.15) is 4.31 Å². The van der Waals surface area contributed by atoms with E-state index in [-0.39, 0.29) is 29.4 Å². The summed E-state index contributed by atoms with van der Waals surface area (Å²) in [6.07, 6.45) is 4.19. The van der Waals surface area contributed by atoms with E-state index in [2.05, 4.69) is 5.32 Å². The zero-order chi connectivity index (χ0) is 32.3. The maximum Gasteiger partial charge on any atom is 0.339 e. The fourth-order valence-electron chi connectivity index (χ4n) is 5.76. The number of nitrogens with zero attached hydrogens (tertiary/aromatic N) is 2. The number of carbonyl (C=O) groups excluding carboxylic acids is 2. The molecule has 12 heteroatoms. The number of amides is 1. The number of hydrogen-bond donors (Lipinski definition) is 1. The average molecular weight is 662 g/mol. The molecule has 0 saturated carbocycles. The molecule has 0 atom stereocenters. The number of ether oxygens (including phenoxy) is 3. The lowest BCUT2D eigenvalue weighted by atomic mass is 9.86. The number of hydrogen-bond acceptors (Lipinski definition) is 8. The number of rotatable bonds is 8. The molecule has 0 radical (unpaired) electrons. The Morgan fingerprint density at radius 3 is 2.59 bits per heavy atom. The van der Waals surface area contributed by atoms with Crippen LogP contribution in [-0.2, 0) is 30.7 Å². The molecule has 0 spiro atoms. The van der Waals surface area contributed by atoms with Crippen LogP contribution in [-0.4, -0.2) is 69.6 Å². The maximum atomic E-state index is 13.7. The van der Waals surface area contributed by atoms with E-state index in [0.717, 1.165) is 29.5 Å². The number of para-hydroxylation sites is 1. The molecule has 0 unspecified atom stereocenters. The lowest BCUT2D eigenvalue weighted by Gasteiger charge is -2.26. The zero-order valence-electron chi connectivity index (χ0n) is 25.1. The molecule has 4 aromatic rings. The number of halogens is 1. The van der Waals surface area contributed by atoms with Gasteiger partial charge in [0, 0.05) is 23.5 Å². The molecule has 1 amide bonds. The summed E-state index contributed by atoms with van der Waals surface area (Å²) in [5.41, 5.74) is 4.44. The first-order valence-corrected chi connectivity index (χ1v) is 16.7. The van der Waals surface area contributed by atoms with Crippen LogP contribution in [0.3, 0.4) is 0 Å². The quantitative estimate of drug-likeness (QED) is 0.243. The minimum absolute atomic E-state index is 0.00183. The number of allylic oxidation sites excluding steroid dienone is 1. The van der Waals surface area contributed by atoms with Crippen LogP contribution in [0.1, 0.15) is 40.0 Å². The summed E-state index contributed by atoms with van der Waals surface area (Å²) in [5, 5.41) is 3.89. The third-order valence-electron chi connectivity index (χ3n) is 8.00. The predicted octanol–water partition coefficient (Wildman–Crippen LogP) is 5.59. The fraction of sp³-hybridized carbons (Fsp3) is 0.265. The zero-order valence-corrected chi connectivity index (χ0v) is 26.7. The molecule has 1 aliphatic heterocycles. The molecular weight excluding hydrogens is 630 g/mol. The third kappa shape index (κ3) is 6.50. The van der Waals surface area contributed by atoms with Crippen LogP contribution >= 0.6 is 11.6 Å². The normalized spacial score (nSPS) is 16.2. The third-order valence-corrected chi connectivity index (χ3v) is 10.2. The van der Waals surface area contributed by atoms with Crippen molar-refractivity contribution < 1.29 is 32.2 Å². The first-order chi connectivity index (χ1) is 22.3. The van der Waals surface area contributed by atoms with Gasteiger partial charge in [-0.15, -0.1) is 0 Å². The summed E-state index contributed by atoms with van der Waals surface area (Å²) in [5.74, 6) is -1.05. The van der Waals surface area contributed by atoms with Crippen molar-refractivity contribution in [2.75, 3.05) is 45.3 Å². The van der Waals surface area contributed by atoms with Crippen molar-refractivity contribution >= 4 is 61.7 Å². The van der Waals surface area contributed by atoms with Crippen molar-refractivity contribution in [1.29, 1.82) is 0 Å². The molecule has 0 bridgehead atoms. The number of morpholine rings is 1. The molecule has 2 heterocycles. The van der Waals surface area contributed by atoms with Gasteiger partial charge in [0.15, 0.2) is 6.61 Å². The van der Waals surface area contributed by atoms with E-state index in [1.807, 2.05) is 54.6 Å². The molecule has 10 nitrogen and oxygen atoms in total. The van der Waals surface area contributed by atoms with Crippen molar-refractivity contribution in [3.05, 3.63) is 94.1 Å². The highest BCUT2D eigenvalue weighted by Crippen LogP contribution is 2.37. The molecule has 3 aromatic carbocycles. The van der Waals surface area contributed by atoms with Crippen LogP contribution in [0, 0.1) is 0 Å². The summed E-state index contributed by atoms with van der Waals surface area (Å²) in [6, 6.07) is 19.1. The summed E-state index contributed by atoms with van der Waals surface area (Å²) in [6.45, 7) is 0.474. The van der Waals surface area contributed by atoms with E-state index in [1.165, 1.54) is 29.6 Å². The molecule has 1 N–H and O–H groups in total. The number of nitrogens with one attached hydrogen (secondary N) is 1. The first-order valence-electron chi connectivity index (χ1n) is 14.9. The van der Waals surface area contributed by atoms with Gasteiger partial charge in [0.2, 0.25) is 10.0 Å². The number of sulfonamides is 1. The van der Waals surface area contributed by atoms with E-state index >= 15 is 0 Å². The Bertz CT molecular complexity index is 1960. The second-order valence-corrected chi connectivity index (χ2v) is 13.2. The minimum atomic E-state index is -3.82. The van der Waals surface area contributed by atoms with E-state index in [1.54, 1.807) is 0 Å². The standard InChI is InChI=1S/C34H32ClN3O7S/c1-43-30-14-13-24(46(41,42)38-15-17-44-18-16-38)20-29(30)36-31(39)21-45-34(40)32-25-9-3-5-12-28(25)37-33-23(8-6-10-26(32)33)19-22-7-2-4-11-27(22)35/h2-5,7,9,11-14,19-20H,6,8,10,15-18,21H2,1H3,(H,36,39)/b23-19-. The van der Waals surface area contributed by atoms with Gasteiger partial charge in [-0.05, 0) is 72.4 Å². The maximum absolute atomic E-state index is 13.7. The lowest BCUT2D eigenvalue weighted by Crippen LogP contribution is -2.40. The number of pyridine rings is 1. The second-order valence-electron chi connectivity index (χ2n) is 10.9. The molecule has 6 rings (SSSR count). The number of aromatic nitrogens is 1. The topological polar surface area (TPSA) is 124 Å². The summed E-state index contributed by atoms with van der Waals surface area (Å²) < 4.78 is 43.9. The van der Waals surface area contributed by atoms with Crippen molar-refractivity contribution in [3.8, 4) is 5.75 Å². The van der Waals surface area contributed by atoms with Gasteiger partial charge in [-0.25, -0.2) is 18.2 Å². The summed E-state index contributed by atoms with van der Waals surface area (Å²) >= 11 is 6.44. The highest BCUT2D eigenvalue weighted by Gasteiger charge is 2.29. The SMILES string of the molecule is COc1ccc(S(=O)(=O)N2CCOCC2)cc1NC(=O)COC(=O)c1c2c(nc3ccccc13)/C(=C\c1ccccc1Cl)CCC2. The van der Waals surface area contributed by atoms with Gasteiger partial charge in [0.05, 0.1) is 47.7 Å². The van der Waals surface area contributed by atoms with Crippen LogP contribution in [0.2, 0.25) is 5.02 Å². The molecule has 1 fully saturated rings. The Labute approximate surface area is 272 Å². The number of benzene rings is 3. The number of methoxy groups -OCH3 is 1. The molecule has 1 saturated heterocycles. The second kappa shape index (κ2) is 13.6. The van der Waals surface area contributed by atoms with Crippen LogP contribution in [0.4, 0.5) is 5.69 Å². The summed E-state index contributed by atoms with van der Waals surface area (Å²) in [4.78, 5) is 31.7. The minimum Gasteiger partial charge on any atom is -0.495 e. The van der Waals surface area contributed by atoms with Crippen LogP contribution in [0.25, 0.3) is 22.6 Å². The molecule has 46 heavy (non-hydrogen) atoms. The molecule has 2 aliphatic rings. The highest BCUT2D eigenvalue weighted by atomic mass is 35.5. The highest BCUT2D eigenvalue weighted by molar-refractivity contribution is 7.89. The Hall–Kier alpha value is -4.29. The lowest BCUT2D eigenvalue weighted by molar-refractivity contribution is -0.119. The van der Waals surface area contributed by atoms with Crippen LogP contribution in [0.15, 0.2) is 71.6 Å². The average Bonchev–Trinajstić information content (AvgIpc) is 3.07. The van der Waals surface area contributed by atoms with Crippen LogP contribution < -0.4 is 10.1 Å². The van der Waals surface area contributed by atoms with Gasteiger partial charge >= 0.3 is 5.97 Å². The van der Waals surface area contributed by atoms with Gasteiger partial charge in [0.25, 0.3) is 5.91 Å². The predicted molar refractivity (Wildman–Crippen MR) is 175 cm³/mol. The largest absolute Gasteiger partial charge is 0.495 e. The number of esters is 1. The van der Waals surface area contributed by atoms with E-state index in [4.69, 9.17) is 30.8 Å². The Morgan fingerprint density at radius 1 is 1.04 bits per heavy atom.